The topological polar surface area (TPSA) is 42.4 Å². The standard InChI is InChI=1S/C49H32N2O2/c1-4-12-33(13-5-1)34-20-25-39(26-21-34)51(44-19-11-10-18-41(44)36-14-6-2-7-15-36)40-27-22-35(23-28-40)38-24-29-42-46(32-38)52-45-31-30-43-48(47(42)45)53-49(50-43)37-16-8-3-9-17-37/h1-32H. The van der Waals surface area contributed by atoms with Gasteiger partial charge in [-0.2, -0.15) is 0 Å². The van der Waals surface area contributed by atoms with Crippen LogP contribution in [0.2, 0.25) is 0 Å². The van der Waals surface area contributed by atoms with E-state index in [0.29, 0.717) is 5.89 Å². The van der Waals surface area contributed by atoms with Crippen LogP contribution in [0.1, 0.15) is 0 Å². The van der Waals surface area contributed by atoms with Gasteiger partial charge in [-0.05, 0) is 94.5 Å². The van der Waals surface area contributed by atoms with Gasteiger partial charge in [-0.25, -0.2) is 4.98 Å². The highest BCUT2D eigenvalue weighted by atomic mass is 16.4. The minimum absolute atomic E-state index is 0.603. The second-order valence-corrected chi connectivity index (χ2v) is 13.2. The van der Waals surface area contributed by atoms with E-state index in [-0.39, 0.29) is 0 Å². The van der Waals surface area contributed by atoms with Gasteiger partial charge < -0.3 is 13.7 Å². The van der Waals surface area contributed by atoms with Crippen molar-refractivity contribution in [3.63, 3.8) is 0 Å². The molecule has 0 saturated heterocycles. The van der Waals surface area contributed by atoms with Gasteiger partial charge in [0.25, 0.3) is 0 Å². The van der Waals surface area contributed by atoms with Crippen LogP contribution in [0, 0.1) is 0 Å². The van der Waals surface area contributed by atoms with Crippen molar-refractivity contribution in [1.82, 2.24) is 4.98 Å². The van der Waals surface area contributed by atoms with Crippen LogP contribution in [-0.2, 0) is 0 Å². The summed E-state index contributed by atoms with van der Waals surface area (Å²) in [5.74, 6) is 0.603. The summed E-state index contributed by atoms with van der Waals surface area (Å²) in [6.45, 7) is 0. The lowest BCUT2D eigenvalue weighted by Gasteiger charge is -2.28. The predicted octanol–water partition coefficient (Wildman–Crippen LogP) is 13.9. The molecule has 2 aromatic heterocycles. The minimum atomic E-state index is 0.603. The molecule has 0 aliphatic carbocycles. The molecule has 10 aromatic rings. The Morgan fingerprint density at radius 2 is 0.943 bits per heavy atom. The SMILES string of the molecule is c1ccc(-c2ccc(N(c3ccc(-c4ccc5c(c4)oc4ccc6nc(-c7ccccc7)oc6c45)cc3)c3ccccc3-c3ccccc3)cc2)cc1. The zero-order valence-electron chi connectivity index (χ0n) is 28.7. The first-order valence-corrected chi connectivity index (χ1v) is 17.8. The highest BCUT2D eigenvalue weighted by molar-refractivity contribution is 6.16. The van der Waals surface area contributed by atoms with Crippen LogP contribution in [-0.4, -0.2) is 4.98 Å². The first-order valence-electron chi connectivity index (χ1n) is 17.8. The number of rotatable bonds is 7. The van der Waals surface area contributed by atoms with Gasteiger partial charge in [0.1, 0.15) is 16.7 Å². The number of fused-ring (bicyclic) bond motifs is 5. The second-order valence-electron chi connectivity index (χ2n) is 13.2. The maximum absolute atomic E-state index is 6.42. The molecule has 0 aliphatic rings. The average molecular weight is 681 g/mol. The Labute approximate surface area is 306 Å². The molecule has 4 heteroatoms. The van der Waals surface area contributed by atoms with Crippen LogP contribution in [0.15, 0.2) is 203 Å². The molecule has 10 rings (SSSR count). The molecule has 0 aliphatic heterocycles. The molecule has 53 heavy (non-hydrogen) atoms. The van der Waals surface area contributed by atoms with E-state index in [2.05, 4.69) is 157 Å². The Kier molecular flexibility index (Phi) is 7.43. The van der Waals surface area contributed by atoms with E-state index in [1.807, 2.05) is 42.5 Å². The maximum atomic E-state index is 6.42. The highest BCUT2D eigenvalue weighted by Gasteiger charge is 2.19. The monoisotopic (exact) mass is 680 g/mol. The number of hydrogen-bond donors (Lipinski definition) is 0. The van der Waals surface area contributed by atoms with E-state index in [1.54, 1.807) is 0 Å². The maximum Gasteiger partial charge on any atom is 0.227 e. The predicted molar refractivity (Wildman–Crippen MR) is 218 cm³/mol. The lowest BCUT2D eigenvalue weighted by atomic mass is 10.00. The van der Waals surface area contributed by atoms with Crippen LogP contribution in [0.4, 0.5) is 17.1 Å². The molecular weight excluding hydrogens is 649 g/mol. The number of para-hydroxylation sites is 1. The highest BCUT2D eigenvalue weighted by Crippen LogP contribution is 2.43. The van der Waals surface area contributed by atoms with Gasteiger partial charge in [0, 0.05) is 27.9 Å². The molecule has 0 saturated carbocycles. The Morgan fingerprint density at radius 1 is 0.396 bits per heavy atom. The third kappa shape index (κ3) is 5.54. The summed E-state index contributed by atoms with van der Waals surface area (Å²) in [7, 11) is 0. The number of nitrogens with zero attached hydrogens (tertiary/aromatic N) is 2. The van der Waals surface area contributed by atoms with Crippen molar-refractivity contribution in [3.8, 4) is 44.8 Å². The van der Waals surface area contributed by atoms with Crippen LogP contribution in [0.3, 0.4) is 0 Å². The molecule has 0 N–H and O–H groups in total. The zero-order valence-corrected chi connectivity index (χ0v) is 28.7. The van der Waals surface area contributed by atoms with E-state index in [1.165, 1.54) is 16.7 Å². The third-order valence-electron chi connectivity index (χ3n) is 9.93. The van der Waals surface area contributed by atoms with Gasteiger partial charge in [0.2, 0.25) is 5.89 Å². The molecule has 8 aromatic carbocycles. The lowest BCUT2D eigenvalue weighted by molar-refractivity contribution is 0.622. The van der Waals surface area contributed by atoms with Gasteiger partial charge in [0.15, 0.2) is 5.58 Å². The third-order valence-corrected chi connectivity index (χ3v) is 9.93. The number of benzene rings is 8. The zero-order chi connectivity index (χ0) is 35.1. The van der Waals surface area contributed by atoms with Gasteiger partial charge in [-0.1, -0.05) is 127 Å². The van der Waals surface area contributed by atoms with E-state index in [4.69, 9.17) is 13.8 Å². The number of hydrogen-bond acceptors (Lipinski definition) is 4. The van der Waals surface area contributed by atoms with Crippen molar-refractivity contribution in [2.75, 3.05) is 4.90 Å². The van der Waals surface area contributed by atoms with Crippen LogP contribution >= 0.6 is 0 Å². The van der Waals surface area contributed by atoms with Gasteiger partial charge in [-0.3, -0.25) is 0 Å². The Morgan fingerprint density at radius 3 is 1.62 bits per heavy atom. The molecule has 2 heterocycles. The van der Waals surface area contributed by atoms with E-state index < -0.39 is 0 Å². The van der Waals surface area contributed by atoms with Crippen molar-refractivity contribution >= 4 is 50.1 Å². The molecule has 0 radical (unpaired) electrons. The molecule has 250 valence electrons. The summed E-state index contributed by atoms with van der Waals surface area (Å²) in [5, 5.41) is 1.95. The van der Waals surface area contributed by atoms with Crippen molar-refractivity contribution < 1.29 is 8.83 Å². The number of anilines is 3. The van der Waals surface area contributed by atoms with Crippen molar-refractivity contribution in [2.45, 2.75) is 0 Å². The summed E-state index contributed by atoms with van der Waals surface area (Å²) in [4.78, 5) is 7.12. The number of aromatic nitrogens is 1. The second kappa shape index (κ2) is 12.9. The molecule has 4 nitrogen and oxygen atoms in total. The lowest BCUT2D eigenvalue weighted by Crippen LogP contribution is -2.11. The van der Waals surface area contributed by atoms with Gasteiger partial charge in [0.05, 0.1) is 11.1 Å². The summed E-state index contributed by atoms with van der Waals surface area (Å²) >= 11 is 0. The van der Waals surface area contributed by atoms with E-state index in [9.17, 15) is 0 Å². The largest absolute Gasteiger partial charge is 0.456 e. The summed E-state index contributed by atoms with van der Waals surface area (Å²) in [6, 6.07) is 67.7. The van der Waals surface area contributed by atoms with Crippen molar-refractivity contribution in [1.29, 1.82) is 0 Å². The molecule has 0 atom stereocenters. The first-order chi connectivity index (χ1) is 26.3. The Hall–Kier alpha value is -7.17. The van der Waals surface area contributed by atoms with E-state index >= 15 is 0 Å². The molecule has 0 unspecified atom stereocenters. The fourth-order valence-electron chi connectivity index (χ4n) is 7.32. The molecule has 0 amide bonds. The summed E-state index contributed by atoms with van der Waals surface area (Å²) in [6.07, 6.45) is 0. The van der Waals surface area contributed by atoms with Gasteiger partial charge >= 0.3 is 0 Å². The number of oxazole rings is 1. The average Bonchev–Trinajstić information content (AvgIpc) is 3.84. The quantitative estimate of drug-likeness (QED) is 0.168. The molecular formula is C49H32N2O2. The molecule has 0 spiro atoms. The normalized spacial score (nSPS) is 11.4. The van der Waals surface area contributed by atoms with Gasteiger partial charge in [-0.15, -0.1) is 0 Å². The van der Waals surface area contributed by atoms with Crippen LogP contribution < -0.4 is 4.90 Å². The smallest absolute Gasteiger partial charge is 0.227 e. The fourth-order valence-corrected chi connectivity index (χ4v) is 7.32. The summed E-state index contributed by atoms with van der Waals surface area (Å²) in [5.41, 5.74) is 14.2. The van der Waals surface area contributed by atoms with Crippen molar-refractivity contribution in [3.05, 3.63) is 194 Å². The van der Waals surface area contributed by atoms with Crippen molar-refractivity contribution in [2.24, 2.45) is 0 Å². The van der Waals surface area contributed by atoms with Crippen LogP contribution in [0.25, 0.3) is 77.9 Å². The summed E-state index contributed by atoms with van der Waals surface area (Å²) < 4.78 is 12.8. The van der Waals surface area contributed by atoms with E-state index in [0.717, 1.165) is 72.4 Å². The first kappa shape index (κ1) is 30.6. The minimum Gasteiger partial charge on any atom is -0.456 e. The molecule has 0 bridgehead atoms. The molecule has 0 fully saturated rings. The fraction of sp³-hybridized carbons (Fsp3) is 0. The Balaban J connectivity index is 1.04. The number of furan rings is 1. The van der Waals surface area contributed by atoms with Crippen LogP contribution in [0.5, 0.6) is 0 Å². The Bertz CT molecular complexity index is 2860.